The standard InChI is InChI=1S/C25H49N2O/c1-4-6-7-8-9-10-11-12-13-14-15-16-17-18-19-20-21-25-26-22-23-27(25,5-2)24(3)28/h11-12,22,24-25,28H,4-10,13-21,23H2,1-3H3/q+1/b12-11+. The zero-order valence-electron chi connectivity index (χ0n) is 19.2. The van der Waals surface area contributed by atoms with E-state index in [0.29, 0.717) is 0 Å². The van der Waals surface area contributed by atoms with Gasteiger partial charge in [-0.1, -0.05) is 76.9 Å². The Hall–Kier alpha value is -0.670. The van der Waals surface area contributed by atoms with Gasteiger partial charge < -0.3 is 5.11 Å². The Morgan fingerprint density at radius 3 is 1.96 bits per heavy atom. The fourth-order valence-corrected chi connectivity index (χ4v) is 4.49. The van der Waals surface area contributed by atoms with Crippen LogP contribution in [0.2, 0.25) is 0 Å². The van der Waals surface area contributed by atoms with Crippen LogP contribution in [0.4, 0.5) is 0 Å². The minimum atomic E-state index is -0.312. The second kappa shape index (κ2) is 16.2. The van der Waals surface area contributed by atoms with Crippen LogP contribution in [0.3, 0.4) is 0 Å². The maximum Gasteiger partial charge on any atom is 0.189 e. The van der Waals surface area contributed by atoms with E-state index in [4.69, 9.17) is 0 Å². The Balaban J connectivity index is 1.91. The number of aliphatic hydroxyl groups is 1. The highest BCUT2D eigenvalue weighted by atomic mass is 16.3. The number of nitrogens with zero attached hydrogens (tertiary/aromatic N) is 2. The Bertz CT molecular complexity index is 419. The highest BCUT2D eigenvalue weighted by molar-refractivity contribution is 5.60. The molecule has 28 heavy (non-hydrogen) atoms. The Morgan fingerprint density at radius 1 is 0.893 bits per heavy atom. The summed E-state index contributed by atoms with van der Waals surface area (Å²) in [7, 11) is 0. The number of aliphatic hydroxyl groups excluding tert-OH is 1. The van der Waals surface area contributed by atoms with Crippen molar-refractivity contribution in [2.24, 2.45) is 4.99 Å². The number of hydrogen-bond donors (Lipinski definition) is 1. The topological polar surface area (TPSA) is 32.6 Å². The molecular formula is C25H49N2O+. The van der Waals surface area contributed by atoms with Gasteiger partial charge in [-0.05, 0) is 39.0 Å². The Kier molecular flexibility index (Phi) is 14.6. The van der Waals surface area contributed by atoms with E-state index in [-0.39, 0.29) is 12.4 Å². The van der Waals surface area contributed by atoms with E-state index in [1.807, 2.05) is 13.1 Å². The zero-order chi connectivity index (χ0) is 20.5. The van der Waals surface area contributed by atoms with Crippen molar-refractivity contribution in [3.63, 3.8) is 0 Å². The molecule has 0 bridgehead atoms. The van der Waals surface area contributed by atoms with Gasteiger partial charge >= 0.3 is 0 Å². The van der Waals surface area contributed by atoms with Crippen LogP contribution >= 0.6 is 0 Å². The lowest BCUT2D eigenvalue weighted by atomic mass is 10.1. The molecule has 0 spiro atoms. The molecule has 3 atom stereocenters. The van der Waals surface area contributed by atoms with Gasteiger partial charge in [0.2, 0.25) is 0 Å². The van der Waals surface area contributed by atoms with E-state index < -0.39 is 0 Å². The molecule has 1 aliphatic heterocycles. The molecule has 0 saturated heterocycles. The van der Waals surface area contributed by atoms with Crippen molar-refractivity contribution in [1.29, 1.82) is 0 Å². The minimum Gasteiger partial charge on any atom is -0.345 e. The summed E-state index contributed by atoms with van der Waals surface area (Å²) in [5.74, 6) is 0. The van der Waals surface area contributed by atoms with Gasteiger partial charge in [0.25, 0.3) is 0 Å². The largest absolute Gasteiger partial charge is 0.345 e. The van der Waals surface area contributed by atoms with Gasteiger partial charge in [-0.3, -0.25) is 4.48 Å². The van der Waals surface area contributed by atoms with Gasteiger partial charge in [0.1, 0.15) is 6.54 Å². The summed E-state index contributed by atoms with van der Waals surface area (Å²) in [5.41, 5.74) is 0. The van der Waals surface area contributed by atoms with Gasteiger partial charge in [-0.2, -0.15) is 0 Å². The number of aliphatic imine (C=N–C) groups is 1. The molecule has 0 fully saturated rings. The lowest BCUT2D eigenvalue weighted by Crippen LogP contribution is -2.57. The van der Waals surface area contributed by atoms with Crippen molar-refractivity contribution in [2.75, 3.05) is 13.1 Å². The van der Waals surface area contributed by atoms with Crippen LogP contribution in [0, 0.1) is 0 Å². The summed E-state index contributed by atoms with van der Waals surface area (Å²) in [5, 5.41) is 10.2. The average Bonchev–Trinajstić information content (AvgIpc) is 3.12. The quantitative estimate of drug-likeness (QED) is 0.152. The molecule has 0 amide bonds. The zero-order valence-corrected chi connectivity index (χ0v) is 19.2. The van der Waals surface area contributed by atoms with Crippen LogP contribution in [0.15, 0.2) is 17.1 Å². The molecule has 1 heterocycles. The summed E-state index contributed by atoms with van der Waals surface area (Å²) < 4.78 is 0.742. The van der Waals surface area contributed by atoms with Crippen molar-refractivity contribution in [3.05, 3.63) is 12.2 Å². The van der Waals surface area contributed by atoms with Crippen LogP contribution in [-0.4, -0.2) is 41.3 Å². The highest BCUT2D eigenvalue weighted by Crippen LogP contribution is 2.26. The maximum atomic E-state index is 10.2. The first kappa shape index (κ1) is 25.4. The van der Waals surface area contributed by atoms with E-state index >= 15 is 0 Å². The van der Waals surface area contributed by atoms with Crippen LogP contribution < -0.4 is 0 Å². The van der Waals surface area contributed by atoms with Gasteiger partial charge in [0, 0.05) is 13.3 Å². The van der Waals surface area contributed by atoms with Crippen molar-refractivity contribution in [1.82, 2.24) is 0 Å². The predicted molar refractivity (Wildman–Crippen MR) is 124 cm³/mol. The SMILES string of the molecule is CCCCCCC/C=C/CCCCCCCCCC1N=CC[N+]1(CC)C(C)O. The summed E-state index contributed by atoms with van der Waals surface area (Å²) >= 11 is 0. The Morgan fingerprint density at radius 2 is 1.43 bits per heavy atom. The maximum absolute atomic E-state index is 10.2. The summed E-state index contributed by atoms with van der Waals surface area (Å²) in [4.78, 5) is 4.67. The molecule has 1 aliphatic rings. The number of quaternary nitrogens is 1. The lowest BCUT2D eigenvalue weighted by molar-refractivity contribution is -0.976. The van der Waals surface area contributed by atoms with E-state index in [1.165, 1.54) is 89.9 Å². The normalized spacial score (nSPS) is 23.1. The van der Waals surface area contributed by atoms with Crippen molar-refractivity contribution in [3.8, 4) is 0 Å². The molecule has 1 rings (SSSR count). The monoisotopic (exact) mass is 393 g/mol. The first-order valence-electron chi connectivity index (χ1n) is 12.4. The molecule has 0 aliphatic carbocycles. The summed E-state index contributed by atoms with van der Waals surface area (Å²) in [6.07, 6.45) is 26.8. The third kappa shape index (κ3) is 9.69. The van der Waals surface area contributed by atoms with Crippen molar-refractivity contribution in [2.45, 2.75) is 129 Å². The average molecular weight is 394 g/mol. The highest BCUT2D eigenvalue weighted by Gasteiger charge is 2.41. The Labute approximate surface area is 175 Å². The molecule has 0 aromatic heterocycles. The lowest BCUT2D eigenvalue weighted by Gasteiger charge is -2.40. The molecule has 164 valence electrons. The summed E-state index contributed by atoms with van der Waals surface area (Å²) in [6, 6.07) is 0. The molecule has 0 aromatic rings. The van der Waals surface area contributed by atoms with Crippen molar-refractivity contribution >= 4 is 6.21 Å². The van der Waals surface area contributed by atoms with E-state index in [1.54, 1.807) is 0 Å². The summed E-state index contributed by atoms with van der Waals surface area (Å²) in [6.45, 7) is 8.24. The molecule has 0 radical (unpaired) electrons. The van der Waals surface area contributed by atoms with Gasteiger partial charge in [0.05, 0.1) is 12.8 Å². The number of unbranched alkanes of at least 4 members (excludes halogenated alkanes) is 12. The number of hydrogen-bond acceptors (Lipinski definition) is 2. The third-order valence-electron chi connectivity index (χ3n) is 6.60. The molecule has 0 aromatic carbocycles. The van der Waals surface area contributed by atoms with Crippen LogP contribution in [0.1, 0.15) is 117 Å². The van der Waals surface area contributed by atoms with E-state index in [2.05, 4.69) is 31.0 Å². The fraction of sp³-hybridized carbons (Fsp3) is 0.880. The molecular weight excluding hydrogens is 344 g/mol. The van der Waals surface area contributed by atoms with Gasteiger partial charge in [0.15, 0.2) is 12.4 Å². The fourth-order valence-electron chi connectivity index (χ4n) is 4.49. The molecule has 3 unspecified atom stereocenters. The van der Waals surface area contributed by atoms with Crippen LogP contribution in [-0.2, 0) is 0 Å². The van der Waals surface area contributed by atoms with E-state index in [9.17, 15) is 5.11 Å². The second-order valence-electron chi connectivity index (χ2n) is 8.77. The molecule has 3 nitrogen and oxygen atoms in total. The van der Waals surface area contributed by atoms with Crippen molar-refractivity contribution < 1.29 is 9.59 Å². The second-order valence-corrected chi connectivity index (χ2v) is 8.77. The van der Waals surface area contributed by atoms with Gasteiger partial charge in [-0.25, -0.2) is 4.99 Å². The predicted octanol–water partition coefficient (Wildman–Crippen LogP) is 7.00. The first-order valence-corrected chi connectivity index (χ1v) is 12.4. The minimum absolute atomic E-state index is 0.281. The van der Waals surface area contributed by atoms with E-state index in [0.717, 1.165) is 24.0 Å². The molecule has 3 heteroatoms. The molecule has 1 N–H and O–H groups in total. The number of allylic oxidation sites excluding steroid dienone is 2. The first-order chi connectivity index (χ1) is 13.7. The molecule has 0 saturated carbocycles. The van der Waals surface area contributed by atoms with Crippen LogP contribution in [0.5, 0.6) is 0 Å². The third-order valence-corrected chi connectivity index (χ3v) is 6.60. The number of rotatable bonds is 18. The van der Waals surface area contributed by atoms with Crippen LogP contribution in [0.25, 0.3) is 0 Å². The smallest absolute Gasteiger partial charge is 0.189 e. The van der Waals surface area contributed by atoms with Gasteiger partial charge in [-0.15, -0.1) is 0 Å².